The molecule has 1 heterocycles. The van der Waals surface area contributed by atoms with E-state index in [0.29, 0.717) is 0 Å². The third-order valence-corrected chi connectivity index (χ3v) is 3.76. The normalized spacial score (nSPS) is 10.4. The van der Waals surface area contributed by atoms with Gasteiger partial charge in [0.15, 0.2) is 0 Å². The number of aromatic nitrogens is 2. The monoisotopic (exact) mass is 333 g/mol. The van der Waals surface area contributed by atoms with Crippen molar-refractivity contribution in [3.8, 4) is 5.69 Å². The number of allylic oxidation sites excluding steroid dienone is 1. The molecule has 1 N–H and O–H groups in total. The highest BCUT2D eigenvalue weighted by Gasteiger charge is 2.06. The molecule has 2 aromatic rings. The molecule has 4 heteroatoms. The summed E-state index contributed by atoms with van der Waals surface area (Å²) in [6.07, 6.45) is 4.22. The van der Waals surface area contributed by atoms with E-state index in [1.807, 2.05) is 35.9 Å². The molecule has 0 aliphatic heterocycles. The summed E-state index contributed by atoms with van der Waals surface area (Å²) in [5, 5.41) is 7.93. The van der Waals surface area contributed by atoms with Crippen LogP contribution in [0.25, 0.3) is 5.69 Å². The smallest absolute Gasteiger partial charge is 0.133 e. The summed E-state index contributed by atoms with van der Waals surface area (Å²) in [5.41, 5.74) is 3.44. The molecule has 0 saturated carbocycles. The van der Waals surface area contributed by atoms with Gasteiger partial charge in [-0.05, 0) is 44.0 Å². The van der Waals surface area contributed by atoms with Crippen LogP contribution in [0.5, 0.6) is 0 Å². The summed E-state index contributed by atoms with van der Waals surface area (Å²) < 4.78 is 3.00. The summed E-state index contributed by atoms with van der Waals surface area (Å²) in [4.78, 5) is 0. The first kappa shape index (κ1) is 14.9. The molecule has 0 fully saturated rings. The Hall–Kier alpha value is -1.55. The van der Waals surface area contributed by atoms with Crippen molar-refractivity contribution in [3.63, 3.8) is 0 Å². The molecule has 0 unspecified atom stereocenters. The largest absolute Gasteiger partial charge is 0.347 e. The van der Waals surface area contributed by atoms with E-state index in [4.69, 9.17) is 0 Å². The van der Waals surface area contributed by atoms with Crippen LogP contribution in [-0.4, -0.2) is 9.78 Å². The van der Waals surface area contributed by atoms with Crippen LogP contribution in [0.4, 0.5) is 5.82 Å². The van der Waals surface area contributed by atoms with Crippen LogP contribution < -0.4 is 5.32 Å². The van der Waals surface area contributed by atoms with Crippen molar-refractivity contribution in [1.29, 1.82) is 0 Å². The van der Waals surface area contributed by atoms with Gasteiger partial charge in [-0.1, -0.05) is 35.4 Å². The zero-order valence-corrected chi connectivity index (χ0v) is 13.7. The second kappa shape index (κ2) is 6.75. The lowest BCUT2D eigenvalue weighted by molar-refractivity contribution is 0.867. The van der Waals surface area contributed by atoms with Crippen LogP contribution in [0.1, 0.15) is 32.4 Å². The lowest BCUT2D eigenvalue weighted by Gasteiger charge is -2.08. The van der Waals surface area contributed by atoms with Crippen molar-refractivity contribution in [3.05, 3.63) is 52.3 Å². The summed E-state index contributed by atoms with van der Waals surface area (Å²) in [7, 11) is 0. The number of halogens is 1. The number of rotatable bonds is 5. The van der Waals surface area contributed by atoms with Crippen LogP contribution in [0.15, 0.2) is 46.6 Å². The molecule has 0 amide bonds. The average molecular weight is 334 g/mol. The standard InChI is InChI=1S/C16H20BrN3/c1-4-13(5-2)11-18-16-10-12(3)19-20(16)15-8-6-14(17)7-9-15/h6-11,18H,4-5H2,1-3H3. The molecule has 0 radical (unpaired) electrons. The molecule has 3 nitrogen and oxygen atoms in total. The SMILES string of the molecule is CCC(=CNc1cc(C)nn1-c1ccc(Br)cc1)CC. The molecule has 0 saturated heterocycles. The maximum atomic E-state index is 4.55. The van der Waals surface area contributed by atoms with Gasteiger partial charge in [0, 0.05) is 16.7 Å². The van der Waals surface area contributed by atoms with Gasteiger partial charge < -0.3 is 5.32 Å². The van der Waals surface area contributed by atoms with Crippen molar-refractivity contribution in [1.82, 2.24) is 9.78 Å². The Bertz CT molecular complexity index is 591. The molecule has 0 aliphatic carbocycles. The van der Waals surface area contributed by atoms with E-state index in [0.717, 1.165) is 34.5 Å². The van der Waals surface area contributed by atoms with E-state index in [1.54, 1.807) is 0 Å². The van der Waals surface area contributed by atoms with E-state index < -0.39 is 0 Å². The number of nitrogens with zero attached hydrogens (tertiary/aromatic N) is 2. The number of nitrogens with one attached hydrogen (secondary N) is 1. The number of benzene rings is 1. The number of hydrogen-bond acceptors (Lipinski definition) is 2. The summed E-state index contributed by atoms with van der Waals surface area (Å²) in [6, 6.07) is 10.2. The first-order chi connectivity index (χ1) is 9.63. The van der Waals surface area contributed by atoms with Gasteiger partial charge in [-0.2, -0.15) is 5.10 Å². The molecule has 0 aliphatic rings. The van der Waals surface area contributed by atoms with Gasteiger partial charge in [0.25, 0.3) is 0 Å². The summed E-state index contributed by atoms with van der Waals surface area (Å²) in [6.45, 7) is 6.35. The second-order valence-electron chi connectivity index (χ2n) is 4.71. The van der Waals surface area contributed by atoms with E-state index in [1.165, 1.54) is 5.57 Å². The van der Waals surface area contributed by atoms with Crippen molar-refractivity contribution in [2.75, 3.05) is 5.32 Å². The minimum Gasteiger partial charge on any atom is -0.347 e. The highest BCUT2D eigenvalue weighted by atomic mass is 79.9. The third-order valence-electron chi connectivity index (χ3n) is 3.24. The second-order valence-corrected chi connectivity index (χ2v) is 5.63. The number of aryl methyl sites for hydroxylation is 1. The fourth-order valence-corrected chi connectivity index (χ4v) is 2.28. The van der Waals surface area contributed by atoms with Crippen LogP contribution in [-0.2, 0) is 0 Å². The first-order valence-electron chi connectivity index (χ1n) is 6.91. The van der Waals surface area contributed by atoms with Gasteiger partial charge in [-0.25, -0.2) is 4.68 Å². The Kier molecular flexibility index (Phi) is 5.01. The molecule has 106 valence electrons. The van der Waals surface area contributed by atoms with Gasteiger partial charge in [-0.3, -0.25) is 0 Å². The van der Waals surface area contributed by atoms with Gasteiger partial charge in [0.1, 0.15) is 5.82 Å². The molecule has 1 aromatic heterocycles. The maximum absolute atomic E-state index is 4.55. The average Bonchev–Trinajstić information content (AvgIpc) is 2.82. The van der Waals surface area contributed by atoms with E-state index in [9.17, 15) is 0 Å². The molecular formula is C16H20BrN3. The Morgan fingerprint density at radius 1 is 1.25 bits per heavy atom. The highest BCUT2D eigenvalue weighted by Crippen LogP contribution is 2.20. The lowest BCUT2D eigenvalue weighted by Crippen LogP contribution is -2.02. The fraction of sp³-hybridized carbons (Fsp3) is 0.312. The summed E-state index contributed by atoms with van der Waals surface area (Å²) in [5.74, 6) is 0.990. The van der Waals surface area contributed by atoms with Gasteiger partial charge in [-0.15, -0.1) is 0 Å². The van der Waals surface area contributed by atoms with E-state index >= 15 is 0 Å². The molecule has 0 spiro atoms. The van der Waals surface area contributed by atoms with Crippen molar-refractivity contribution < 1.29 is 0 Å². The Balaban J connectivity index is 2.31. The van der Waals surface area contributed by atoms with E-state index in [2.05, 4.69) is 52.5 Å². The third kappa shape index (κ3) is 3.51. The predicted octanol–water partition coefficient (Wildman–Crippen LogP) is 5.06. The minimum atomic E-state index is 0.990. The molecule has 20 heavy (non-hydrogen) atoms. The van der Waals surface area contributed by atoms with Crippen LogP contribution in [0.3, 0.4) is 0 Å². The molecule has 1 aromatic carbocycles. The molecule has 0 bridgehead atoms. The maximum Gasteiger partial charge on any atom is 0.133 e. The van der Waals surface area contributed by atoms with E-state index in [-0.39, 0.29) is 0 Å². The van der Waals surface area contributed by atoms with Gasteiger partial charge in [0.2, 0.25) is 0 Å². The van der Waals surface area contributed by atoms with Gasteiger partial charge >= 0.3 is 0 Å². The fourth-order valence-electron chi connectivity index (χ4n) is 2.01. The molecule has 0 atom stereocenters. The number of anilines is 1. The Morgan fingerprint density at radius 2 is 1.90 bits per heavy atom. The first-order valence-corrected chi connectivity index (χ1v) is 7.70. The zero-order chi connectivity index (χ0) is 14.5. The van der Waals surface area contributed by atoms with Crippen LogP contribution >= 0.6 is 15.9 Å². The van der Waals surface area contributed by atoms with Crippen molar-refractivity contribution in [2.45, 2.75) is 33.6 Å². The van der Waals surface area contributed by atoms with Crippen LogP contribution in [0, 0.1) is 6.92 Å². The predicted molar refractivity (Wildman–Crippen MR) is 88.3 cm³/mol. The zero-order valence-electron chi connectivity index (χ0n) is 12.2. The molecule has 2 rings (SSSR count). The van der Waals surface area contributed by atoms with Crippen molar-refractivity contribution >= 4 is 21.7 Å². The number of hydrogen-bond donors (Lipinski definition) is 1. The van der Waals surface area contributed by atoms with Crippen molar-refractivity contribution in [2.24, 2.45) is 0 Å². The quantitative estimate of drug-likeness (QED) is 0.828. The minimum absolute atomic E-state index is 0.990. The molecular weight excluding hydrogens is 314 g/mol. The topological polar surface area (TPSA) is 29.9 Å². The Labute approximate surface area is 128 Å². The van der Waals surface area contributed by atoms with Gasteiger partial charge in [0.05, 0.1) is 11.4 Å². The highest BCUT2D eigenvalue weighted by molar-refractivity contribution is 9.10. The Morgan fingerprint density at radius 3 is 2.50 bits per heavy atom. The van der Waals surface area contributed by atoms with Crippen LogP contribution in [0.2, 0.25) is 0 Å². The summed E-state index contributed by atoms with van der Waals surface area (Å²) >= 11 is 3.46. The lowest BCUT2D eigenvalue weighted by atomic mass is 10.2.